The van der Waals surface area contributed by atoms with Crippen LogP contribution in [-0.4, -0.2) is 29.7 Å². The van der Waals surface area contributed by atoms with Gasteiger partial charge in [0.1, 0.15) is 0 Å². The second-order valence-corrected chi connectivity index (χ2v) is 7.14. The van der Waals surface area contributed by atoms with E-state index in [-0.39, 0.29) is 29.4 Å². The summed E-state index contributed by atoms with van der Waals surface area (Å²) < 4.78 is 0. The minimum absolute atomic E-state index is 0.0408. The molecule has 0 saturated heterocycles. The molecular formula is C15H28N2O2. The van der Waals surface area contributed by atoms with E-state index in [9.17, 15) is 9.90 Å². The number of aliphatic hydroxyl groups excluding tert-OH is 1. The average molecular weight is 268 g/mol. The molecule has 0 spiro atoms. The van der Waals surface area contributed by atoms with Gasteiger partial charge < -0.3 is 16.2 Å². The van der Waals surface area contributed by atoms with Gasteiger partial charge in [-0.25, -0.2) is 0 Å². The number of carbonyl (C=O) groups is 1. The zero-order valence-corrected chi connectivity index (χ0v) is 12.4. The Kier molecular flexibility index (Phi) is 4.21. The zero-order valence-electron chi connectivity index (χ0n) is 12.4. The molecule has 3 unspecified atom stereocenters. The van der Waals surface area contributed by atoms with Gasteiger partial charge in [0, 0.05) is 18.5 Å². The number of hydrogen-bond donors (Lipinski definition) is 3. The van der Waals surface area contributed by atoms with E-state index < -0.39 is 0 Å². The maximum atomic E-state index is 12.4. The van der Waals surface area contributed by atoms with Crippen LogP contribution in [-0.2, 0) is 4.79 Å². The van der Waals surface area contributed by atoms with Crippen molar-refractivity contribution in [1.82, 2.24) is 5.32 Å². The molecule has 0 heterocycles. The Morgan fingerprint density at radius 2 is 2.00 bits per heavy atom. The third-order valence-electron chi connectivity index (χ3n) is 5.59. The van der Waals surface area contributed by atoms with E-state index in [1.54, 1.807) is 0 Å². The Morgan fingerprint density at radius 3 is 2.58 bits per heavy atom. The van der Waals surface area contributed by atoms with Crippen molar-refractivity contribution in [3.63, 3.8) is 0 Å². The van der Waals surface area contributed by atoms with Crippen molar-refractivity contribution in [2.75, 3.05) is 6.54 Å². The molecule has 4 N–H and O–H groups in total. The van der Waals surface area contributed by atoms with E-state index >= 15 is 0 Å². The van der Waals surface area contributed by atoms with Gasteiger partial charge in [-0.3, -0.25) is 4.79 Å². The molecule has 0 bridgehead atoms. The highest BCUT2D eigenvalue weighted by Gasteiger charge is 2.45. The van der Waals surface area contributed by atoms with Crippen molar-refractivity contribution in [2.24, 2.45) is 28.9 Å². The Bertz CT molecular complexity index is 337. The molecule has 0 aromatic heterocycles. The second-order valence-electron chi connectivity index (χ2n) is 7.14. The number of rotatable bonds is 3. The molecule has 110 valence electrons. The lowest BCUT2D eigenvalue weighted by Crippen LogP contribution is -2.52. The molecule has 1 amide bonds. The fourth-order valence-corrected chi connectivity index (χ4v) is 3.55. The van der Waals surface area contributed by atoms with Crippen LogP contribution in [0.3, 0.4) is 0 Å². The minimum Gasteiger partial charge on any atom is -0.393 e. The van der Waals surface area contributed by atoms with E-state index in [0.29, 0.717) is 18.4 Å². The smallest absolute Gasteiger partial charge is 0.223 e. The van der Waals surface area contributed by atoms with Crippen molar-refractivity contribution in [3.05, 3.63) is 0 Å². The number of hydrogen-bond acceptors (Lipinski definition) is 3. The lowest BCUT2D eigenvalue weighted by atomic mass is 9.61. The molecule has 2 aliphatic carbocycles. The van der Waals surface area contributed by atoms with E-state index in [0.717, 1.165) is 25.7 Å². The molecule has 19 heavy (non-hydrogen) atoms. The van der Waals surface area contributed by atoms with Crippen molar-refractivity contribution >= 4 is 5.91 Å². The van der Waals surface area contributed by atoms with Gasteiger partial charge in [0.25, 0.3) is 0 Å². The number of nitrogens with two attached hydrogens (primary N) is 1. The summed E-state index contributed by atoms with van der Waals surface area (Å²) >= 11 is 0. The Hall–Kier alpha value is -0.610. The van der Waals surface area contributed by atoms with Crippen LogP contribution in [0.1, 0.15) is 46.5 Å². The first-order valence-electron chi connectivity index (χ1n) is 7.53. The number of aliphatic hydroxyl groups is 1. The standard InChI is InChI=1S/C15H28N2O2/c1-9-13(16)5-4-12(15(9,2)3)14(19)17-8-10-6-11(18)7-10/h9-13,18H,4-8,16H2,1-3H3,(H,17,19). The van der Waals surface area contributed by atoms with Crippen LogP contribution in [0.5, 0.6) is 0 Å². The average Bonchev–Trinajstić information content (AvgIpc) is 2.30. The zero-order chi connectivity index (χ0) is 14.2. The van der Waals surface area contributed by atoms with Crippen molar-refractivity contribution in [3.8, 4) is 0 Å². The maximum absolute atomic E-state index is 12.4. The maximum Gasteiger partial charge on any atom is 0.223 e. The molecule has 0 aliphatic heterocycles. The molecule has 0 aromatic carbocycles. The summed E-state index contributed by atoms with van der Waals surface area (Å²) in [4.78, 5) is 12.4. The fraction of sp³-hybridized carbons (Fsp3) is 0.933. The summed E-state index contributed by atoms with van der Waals surface area (Å²) in [5.74, 6) is 1.06. The quantitative estimate of drug-likeness (QED) is 0.721. The monoisotopic (exact) mass is 268 g/mol. The predicted octanol–water partition coefficient (Wildman–Crippen LogP) is 1.27. The van der Waals surface area contributed by atoms with Gasteiger partial charge in [-0.2, -0.15) is 0 Å². The van der Waals surface area contributed by atoms with E-state index in [1.807, 2.05) is 0 Å². The molecule has 2 aliphatic rings. The van der Waals surface area contributed by atoms with Crippen molar-refractivity contribution in [1.29, 1.82) is 0 Å². The van der Waals surface area contributed by atoms with Crippen LogP contribution in [0.2, 0.25) is 0 Å². The molecule has 2 fully saturated rings. The number of nitrogens with one attached hydrogen (secondary N) is 1. The molecule has 0 radical (unpaired) electrons. The SMILES string of the molecule is CC1C(N)CCC(C(=O)NCC2CC(O)C2)C1(C)C. The molecule has 4 nitrogen and oxygen atoms in total. The van der Waals surface area contributed by atoms with Gasteiger partial charge in [0.15, 0.2) is 0 Å². The van der Waals surface area contributed by atoms with Gasteiger partial charge in [0.2, 0.25) is 5.91 Å². The second kappa shape index (κ2) is 5.41. The first kappa shape index (κ1) is 14.8. The highest BCUT2D eigenvalue weighted by molar-refractivity contribution is 5.79. The van der Waals surface area contributed by atoms with Crippen molar-refractivity contribution < 1.29 is 9.90 Å². The van der Waals surface area contributed by atoms with Crippen LogP contribution < -0.4 is 11.1 Å². The number of amides is 1. The van der Waals surface area contributed by atoms with Crippen LogP contribution >= 0.6 is 0 Å². The van der Waals surface area contributed by atoms with Gasteiger partial charge in [-0.05, 0) is 42.9 Å². The van der Waals surface area contributed by atoms with Gasteiger partial charge in [-0.1, -0.05) is 20.8 Å². The van der Waals surface area contributed by atoms with E-state index in [1.165, 1.54) is 0 Å². The summed E-state index contributed by atoms with van der Waals surface area (Å²) in [6.07, 6.45) is 3.33. The summed E-state index contributed by atoms with van der Waals surface area (Å²) in [5, 5.41) is 12.3. The Labute approximate surface area is 116 Å². The first-order chi connectivity index (χ1) is 8.82. The van der Waals surface area contributed by atoms with Crippen LogP contribution in [0.15, 0.2) is 0 Å². The van der Waals surface area contributed by atoms with Gasteiger partial charge >= 0.3 is 0 Å². The van der Waals surface area contributed by atoms with Gasteiger partial charge in [-0.15, -0.1) is 0 Å². The molecular weight excluding hydrogens is 240 g/mol. The normalized spacial score (nSPS) is 41.4. The third-order valence-corrected chi connectivity index (χ3v) is 5.59. The number of carbonyl (C=O) groups excluding carboxylic acids is 1. The molecule has 2 saturated carbocycles. The molecule has 0 aromatic rings. The topological polar surface area (TPSA) is 75.4 Å². The molecule has 3 atom stereocenters. The Balaban J connectivity index is 1.87. The third kappa shape index (κ3) is 2.95. The molecule has 2 rings (SSSR count). The van der Waals surface area contributed by atoms with E-state index in [2.05, 4.69) is 26.1 Å². The highest BCUT2D eigenvalue weighted by atomic mass is 16.3. The van der Waals surface area contributed by atoms with Crippen molar-refractivity contribution in [2.45, 2.75) is 58.6 Å². The first-order valence-corrected chi connectivity index (χ1v) is 7.53. The fourth-order valence-electron chi connectivity index (χ4n) is 3.55. The summed E-state index contributed by atoms with van der Waals surface area (Å²) in [5.41, 5.74) is 6.08. The summed E-state index contributed by atoms with van der Waals surface area (Å²) in [6.45, 7) is 7.19. The largest absolute Gasteiger partial charge is 0.393 e. The minimum atomic E-state index is -0.147. The van der Waals surface area contributed by atoms with Gasteiger partial charge in [0.05, 0.1) is 6.10 Å². The van der Waals surface area contributed by atoms with Crippen LogP contribution in [0.25, 0.3) is 0 Å². The summed E-state index contributed by atoms with van der Waals surface area (Å²) in [6, 6.07) is 0.209. The Morgan fingerprint density at radius 1 is 1.37 bits per heavy atom. The van der Waals surface area contributed by atoms with Crippen LogP contribution in [0, 0.1) is 23.2 Å². The molecule has 4 heteroatoms. The highest BCUT2D eigenvalue weighted by Crippen LogP contribution is 2.44. The lowest BCUT2D eigenvalue weighted by molar-refractivity contribution is -0.133. The predicted molar refractivity (Wildman–Crippen MR) is 75.4 cm³/mol. The van der Waals surface area contributed by atoms with Crippen LogP contribution in [0.4, 0.5) is 0 Å². The summed E-state index contributed by atoms with van der Waals surface area (Å²) in [7, 11) is 0. The van der Waals surface area contributed by atoms with E-state index in [4.69, 9.17) is 5.73 Å². The lowest BCUT2D eigenvalue weighted by Gasteiger charge is -2.46.